The van der Waals surface area contributed by atoms with E-state index in [9.17, 15) is 0 Å². The van der Waals surface area contributed by atoms with E-state index >= 15 is 0 Å². The Morgan fingerprint density at radius 2 is 2.13 bits per heavy atom. The molecule has 0 radical (unpaired) electrons. The Morgan fingerprint density at radius 1 is 1.47 bits per heavy atom. The van der Waals surface area contributed by atoms with Crippen LogP contribution < -0.4 is 10.5 Å². The zero-order valence-corrected chi connectivity index (χ0v) is 9.58. The van der Waals surface area contributed by atoms with Crippen LogP contribution in [0.5, 0.6) is 5.88 Å². The quantitative estimate of drug-likeness (QED) is 0.819. The summed E-state index contributed by atoms with van der Waals surface area (Å²) in [5.74, 6) is 0.669. The predicted molar refractivity (Wildman–Crippen MR) is 59.9 cm³/mol. The smallest absolute Gasteiger partial charge is 0.213 e. The van der Waals surface area contributed by atoms with Gasteiger partial charge in [0.15, 0.2) is 0 Å². The summed E-state index contributed by atoms with van der Waals surface area (Å²) in [6.45, 7) is 5.13. The van der Waals surface area contributed by atoms with E-state index in [-0.39, 0.29) is 10.8 Å². The number of nitrogens with zero attached hydrogens (tertiary/aromatic N) is 1. The molecule has 1 fully saturated rings. The standard InChI is InChI=1S/C12H18N2O/c1-11(2)7-12(11,8-13)9-5-4-6-10(14-9)15-3/h4-6H,7-8,13H2,1-3H3. The maximum absolute atomic E-state index is 5.89. The van der Waals surface area contributed by atoms with Crippen molar-refractivity contribution in [3.63, 3.8) is 0 Å². The van der Waals surface area contributed by atoms with Crippen molar-refractivity contribution in [2.45, 2.75) is 25.7 Å². The fourth-order valence-electron chi connectivity index (χ4n) is 2.40. The molecule has 1 aromatic rings. The molecule has 1 aromatic heterocycles. The molecule has 0 aliphatic heterocycles. The average Bonchev–Trinajstić information content (AvgIpc) is 2.82. The van der Waals surface area contributed by atoms with Gasteiger partial charge in [-0.25, -0.2) is 4.98 Å². The summed E-state index contributed by atoms with van der Waals surface area (Å²) in [5, 5.41) is 0. The highest BCUT2D eigenvalue weighted by Gasteiger charge is 2.62. The lowest BCUT2D eigenvalue weighted by molar-refractivity contribution is 0.391. The fourth-order valence-corrected chi connectivity index (χ4v) is 2.40. The second kappa shape index (κ2) is 3.20. The number of rotatable bonds is 3. The van der Waals surface area contributed by atoms with Crippen molar-refractivity contribution < 1.29 is 4.74 Å². The summed E-state index contributed by atoms with van der Waals surface area (Å²) in [6, 6.07) is 5.89. The summed E-state index contributed by atoms with van der Waals surface area (Å²) in [6.07, 6.45) is 1.11. The minimum absolute atomic E-state index is 0.0571. The molecule has 1 saturated carbocycles. The van der Waals surface area contributed by atoms with Crippen molar-refractivity contribution in [1.82, 2.24) is 4.98 Å². The molecule has 0 bridgehead atoms. The molecule has 0 aromatic carbocycles. The van der Waals surface area contributed by atoms with Gasteiger partial charge in [-0.05, 0) is 17.9 Å². The topological polar surface area (TPSA) is 48.1 Å². The van der Waals surface area contributed by atoms with Crippen LogP contribution in [0, 0.1) is 5.41 Å². The van der Waals surface area contributed by atoms with Gasteiger partial charge in [0.25, 0.3) is 0 Å². The first-order chi connectivity index (χ1) is 7.05. The number of nitrogens with two attached hydrogens (primary N) is 1. The Hall–Kier alpha value is -1.09. The number of hydrogen-bond acceptors (Lipinski definition) is 3. The van der Waals surface area contributed by atoms with Gasteiger partial charge >= 0.3 is 0 Å². The highest BCUT2D eigenvalue weighted by molar-refractivity contribution is 5.34. The maximum atomic E-state index is 5.89. The van der Waals surface area contributed by atoms with E-state index in [1.807, 2.05) is 18.2 Å². The highest BCUT2D eigenvalue weighted by Crippen LogP contribution is 2.63. The van der Waals surface area contributed by atoms with Gasteiger partial charge < -0.3 is 10.5 Å². The Kier molecular flexibility index (Phi) is 2.23. The number of aromatic nitrogens is 1. The van der Waals surface area contributed by atoms with Crippen LogP contribution in [0.4, 0.5) is 0 Å². The summed E-state index contributed by atoms with van der Waals surface area (Å²) in [7, 11) is 1.64. The SMILES string of the molecule is COc1cccc(C2(CN)CC2(C)C)n1. The van der Waals surface area contributed by atoms with Crippen molar-refractivity contribution >= 4 is 0 Å². The molecule has 0 saturated heterocycles. The van der Waals surface area contributed by atoms with Gasteiger partial charge in [0.2, 0.25) is 5.88 Å². The van der Waals surface area contributed by atoms with Crippen molar-refractivity contribution in [3.05, 3.63) is 23.9 Å². The fraction of sp³-hybridized carbons (Fsp3) is 0.583. The van der Waals surface area contributed by atoms with Gasteiger partial charge in [-0.3, -0.25) is 0 Å². The minimum Gasteiger partial charge on any atom is -0.481 e. The first kappa shape index (κ1) is 10.4. The van der Waals surface area contributed by atoms with E-state index in [1.54, 1.807) is 7.11 Å². The zero-order valence-electron chi connectivity index (χ0n) is 9.58. The largest absolute Gasteiger partial charge is 0.481 e. The second-order valence-electron chi connectivity index (χ2n) is 4.91. The third kappa shape index (κ3) is 1.42. The lowest BCUT2D eigenvalue weighted by Gasteiger charge is -2.18. The van der Waals surface area contributed by atoms with Gasteiger partial charge in [-0.15, -0.1) is 0 Å². The Bertz CT molecular complexity index is 376. The Labute approximate surface area is 90.7 Å². The number of methoxy groups -OCH3 is 1. The molecule has 3 heteroatoms. The molecular formula is C12H18N2O. The van der Waals surface area contributed by atoms with Crippen LogP contribution in [0.3, 0.4) is 0 Å². The van der Waals surface area contributed by atoms with E-state index in [1.165, 1.54) is 0 Å². The number of ether oxygens (including phenoxy) is 1. The molecule has 1 aliphatic carbocycles. The lowest BCUT2D eigenvalue weighted by atomic mass is 9.92. The first-order valence-electron chi connectivity index (χ1n) is 5.27. The molecule has 82 valence electrons. The van der Waals surface area contributed by atoms with Gasteiger partial charge in [0.05, 0.1) is 12.8 Å². The molecular weight excluding hydrogens is 188 g/mol. The number of hydrogen-bond donors (Lipinski definition) is 1. The predicted octanol–water partition coefficient (Wildman–Crippen LogP) is 1.72. The first-order valence-corrected chi connectivity index (χ1v) is 5.27. The molecule has 15 heavy (non-hydrogen) atoms. The molecule has 1 atom stereocenters. The van der Waals surface area contributed by atoms with Gasteiger partial charge in [-0.2, -0.15) is 0 Å². The highest BCUT2D eigenvalue weighted by atomic mass is 16.5. The van der Waals surface area contributed by atoms with E-state index in [0.29, 0.717) is 12.4 Å². The summed E-state index contributed by atoms with van der Waals surface area (Å²) < 4.78 is 5.14. The van der Waals surface area contributed by atoms with Crippen LogP contribution in [0.2, 0.25) is 0 Å². The Morgan fingerprint density at radius 3 is 2.60 bits per heavy atom. The van der Waals surface area contributed by atoms with Crippen LogP contribution in [0.1, 0.15) is 26.0 Å². The maximum Gasteiger partial charge on any atom is 0.213 e. The molecule has 3 nitrogen and oxygen atoms in total. The van der Waals surface area contributed by atoms with Crippen LogP contribution in [0.15, 0.2) is 18.2 Å². The molecule has 2 rings (SSSR count). The molecule has 0 amide bonds. The summed E-state index contributed by atoms with van der Waals surface area (Å²) >= 11 is 0. The van der Waals surface area contributed by atoms with Crippen LogP contribution in [0.25, 0.3) is 0 Å². The minimum atomic E-state index is 0.0571. The van der Waals surface area contributed by atoms with Crippen LogP contribution in [-0.4, -0.2) is 18.6 Å². The monoisotopic (exact) mass is 206 g/mol. The van der Waals surface area contributed by atoms with E-state index in [2.05, 4.69) is 18.8 Å². The average molecular weight is 206 g/mol. The normalized spacial score (nSPS) is 27.5. The second-order valence-corrected chi connectivity index (χ2v) is 4.91. The van der Waals surface area contributed by atoms with Crippen molar-refractivity contribution in [1.29, 1.82) is 0 Å². The van der Waals surface area contributed by atoms with Gasteiger partial charge in [0, 0.05) is 18.0 Å². The van der Waals surface area contributed by atoms with E-state index in [0.717, 1.165) is 12.1 Å². The number of pyridine rings is 1. The van der Waals surface area contributed by atoms with Crippen LogP contribution >= 0.6 is 0 Å². The van der Waals surface area contributed by atoms with Crippen molar-refractivity contribution in [2.75, 3.05) is 13.7 Å². The van der Waals surface area contributed by atoms with E-state index < -0.39 is 0 Å². The third-order valence-corrected chi connectivity index (χ3v) is 3.69. The zero-order chi connectivity index (χ0) is 11.1. The van der Waals surface area contributed by atoms with Gasteiger partial charge in [0.1, 0.15) is 0 Å². The molecule has 1 unspecified atom stereocenters. The molecule has 2 N–H and O–H groups in total. The Balaban J connectivity index is 2.37. The van der Waals surface area contributed by atoms with Crippen LogP contribution in [-0.2, 0) is 5.41 Å². The van der Waals surface area contributed by atoms with Gasteiger partial charge in [-0.1, -0.05) is 19.9 Å². The van der Waals surface area contributed by atoms with E-state index in [4.69, 9.17) is 10.5 Å². The summed E-state index contributed by atoms with van der Waals surface area (Å²) in [4.78, 5) is 4.49. The summed E-state index contributed by atoms with van der Waals surface area (Å²) in [5.41, 5.74) is 7.27. The lowest BCUT2D eigenvalue weighted by Crippen LogP contribution is -2.26. The van der Waals surface area contributed by atoms with Crippen molar-refractivity contribution in [2.24, 2.45) is 11.1 Å². The molecule has 1 heterocycles. The molecule has 0 spiro atoms. The third-order valence-electron chi connectivity index (χ3n) is 3.69. The molecule has 1 aliphatic rings. The van der Waals surface area contributed by atoms with Crippen molar-refractivity contribution in [3.8, 4) is 5.88 Å².